The van der Waals surface area contributed by atoms with Gasteiger partial charge in [0, 0.05) is 6.42 Å². The second kappa shape index (κ2) is 4.98. The first kappa shape index (κ1) is 12.5. The van der Waals surface area contributed by atoms with Crippen molar-refractivity contribution < 1.29 is 23.4 Å². The molecule has 88 valence electrons. The third kappa shape index (κ3) is 3.54. The number of carbonyl (C=O) groups is 1. The van der Waals surface area contributed by atoms with Crippen LogP contribution in [0.5, 0.6) is 5.75 Å². The van der Waals surface area contributed by atoms with Crippen molar-refractivity contribution in [2.75, 3.05) is 5.75 Å². The Hall–Kier alpha value is -1.56. The molecule has 0 aliphatic heterocycles. The molecule has 0 unspecified atom stereocenters. The van der Waals surface area contributed by atoms with Gasteiger partial charge in [-0.3, -0.25) is 4.79 Å². The van der Waals surface area contributed by atoms with Crippen LogP contribution in [-0.4, -0.2) is 30.4 Å². The second-order valence-corrected chi connectivity index (χ2v) is 5.42. The summed E-state index contributed by atoms with van der Waals surface area (Å²) in [7, 11) is -3.45. The summed E-state index contributed by atoms with van der Waals surface area (Å²) in [6, 6.07) is 5.16. The number of sulfone groups is 1. The van der Waals surface area contributed by atoms with Crippen LogP contribution in [0.1, 0.15) is 12.8 Å². The molecule has 0 amide bonds. The zero-order valence-electron chi connectivity index (χ0n) is 8.46. The largest absolute Gasteiger partial charge is 0.508 e. The minimum atomic E-state index is -3.45. The van der Waals surface area contributed by atoms with E-state index in [1.165, 1.54) is 24.3 Å². The molecule has 0 saturated heterocycles. The quantitative estimate of drug-likeness (QED) is 0.807. The van der Waals surface area contributed by atoms with Gasteiger partial charge in [-0.2, -0.15) is 0 Å². The highest BCUT2D eigenvalue weighted by Gasteiger charge is 2.14. The van der Waals surface area contributed by atoms with E-state index in [4.69, 9.17) is 10.2 Å². The molecule has 1 aromatic carbocycles. The van der Waals surface area contributed by atoms with E-state index in [-0.39, 0.29) is 29.2 Å². The van der Waals surface area contributed by atoms with Crippen LogP contribution < -0.4 is 0 Å². The molecule has 2 N–H and O–H groups in total. The number of benzene rings is 1. The van der Waals surface area contributed by atoms with Gasteiger partial charge in [0.1, 0.15) is 5.75 Å². The first-order chi connectivity index (χ1) is 7.42. The Morgan fingerprint density at radius 1 is 1.19 bits per heavy atom. The summed E-state index contributed by atoms with van der Waals surface area (Å²) in [6.07, 6.45) is -0.0874. The van der Waals surface area contributed by atoms with Crippen molar-refractivity contribution in [3.8, 4) is 5.75 Å². The van der Waals surface area contributed by atoms with Crippen LogP contribution in [0.15, 0.2) is 29.2 Å². The molecule has 0 spiro atoms. The number of phenolic OH excluding ortho intramolecular Hbond substituents is 1. The van der Waals surface area contributed by atoms with Gasteiger partial charge in [-0.1, -0.05) is 0 Å². The Labute approximate surface area is 93.3 Å². The average Bonchev–Trinajstić information content (AvgIpc) is 2.17. The highest BCUT2D eigenvalue weighted by Crippen LogP contribution is 2.16. The molecule has 0 aromatic heterocycles. The molecular formula is C10H12O5S. The third-order valence-electron chi connectivity index (χ3n) is 2.00. The number of hydrogen-bond donors (Lipinski definition) is 2. The van der Waals surface area contributed by atoms with Gasteiger partial charge in [-0.05, 0) is 30.7 Å². The summed E-state index contributed by atoms with van der Waals surface area (Å²) in [5.74, 6) is -1.23. The second-order valence-electron chi connectivity index (χ2n) is 3.31. The van der Waals surface area contributed by atoms with Gasteiger partial charge in [0.2, 0.25) is 0 Å². The van der Waals surface area contributed by atoms with Crippen LogP contribution in [0.2, 0.25) is 0 Å². The van der Waals surface area contributed by atoms with Gasteiger partial charge >= 0.3 is 5.97 Å². The fourth-order valence-electron chi connectivity index (χ4n) is 1.18. The number of phenols is 1. The number of carboxylic acids is 1. The first-order valence-corrected chi connectivity index (χ1v) is 6.30. The summed E-state index contributed by atoms with van der Waals surface area (Å²) in [6.45, 7) is 0. The van der Waals surface area contributed by atoms with Gasteiger partial charge < -0.3 is 10.2 Å². The maximum Gasteiger partial charge on any atom is 0.303 e. The van der Waals surface area contributed by atoms with E-state index in [2.05, 4.69) is 0 Å². The van der Waals surface area contributed by atoms with Crippen molar-refractivity contribution in [1.82, 2.24) is 0 Å². The van der Waals surface area contributed by atoms with E-state index in [0.29, 0.717) is 0 Å². The van der Waals surface area contributed by atoms with Crippen LogP contribution in [-0.2, 0) is 14.6 Å². The third-order valence-corrected chi connectivity index (χ3v) is 3.82. The summed E-state index contributed by atoms with van der Waals surface area (Å²) in [4.78, 5) is 10.3. The fourth-order valence-corrected chi connectivity index (χ4v) is 2.50. The molecular weight excluding hydrogens is 232 g/mol. The van der Waals surface area contributed by atoms with E-state index >= 15 is 0 Å². The SMILES string of the molecule is O=C(O)CCCS(=O)(=O)c1ccc(O)cc1. The molecule has 0 radical (unpaired) electrons. The lowest BCUT2D eigenvalue weighted by molar-refractivity contribution is -0.137. The summed E-state index contributed by atoms with van der Waals surface area (Å²) < 4.78 is 23.3. The molecule has 0 aliphatic carbocycles. The fraction of sp³-hybridized carbons (Fsp3) is 0.300. The average molecular weight is 244 g/mol. The predicted molar refractivity (Wildman–Crippen MR) is 57.0 cm³/mol. The lowest BCUT2D eigenvalue weighted by Crippen LogP contribution is -2.08. The molecule has 0 aliphatic rings. The number of aliphatic carboxylic acids is 1. The van der Waals surface area contributed by atoms with E-state index in [0.717, 1.165) is 0 Å². The molecule has 0 bridgehead atoms. The monoisotopic (exact) mass is 244 g/mol. The maximum atomic E-state index is 11.7. The molecule has 5 nitrogen and oxygen atoms in total. The van der Waals surface area contributed by atoms with Crippen LogP contribution in [0.4, 0.5) is 0 Å². The highest BCUT2D eigenvalue weighted by atomic mass is 32.2. The zero-order valence-corrected chi connectivity index (χ0v) is 9.27. The predicted octanol–water partition coefficient (Wildman–Crippen LogP) is 1.03. The molecule has 0 saturated carbocycles. The Bertz CT molecular complexity index is 460. The van der Waals surface area contributed by atoms with Crippen molar-refractivity contribution >= 4 is 15.8 Å². The number of carboxylic acid groups (broad SMARTS) is 1. The summed E-state index contributed by atoms with van der Waals surface area (Å²) >= 11 is 0. The molecule has 16 heavy (non-hydrogen) atoms. The van der Waals surface area contributed by atoms with E-state index in [1.807, 2.05) is 0 Å². The Kier molecular flexibility index (Phi) is 3.89. The normalized spacial score (nSPS) is 11.2. The molecule has 0 fully saturated rings. The van der Waals surface area contributed by atoms with Crippen molar-refractivity contribution in [2.45, 2.75) is 17.7 Å². The summed E-state index contributed by atoms with van der Waals surface area (Å²) in [5.41, 5.74) is 0. The summed E-state index contributed by atoms with van der Waals surface area (Å²) in [5, 5.41) is 17.4. The molecule has 0 atom stereocenters. The molecule has 1 rings (SSSR count). The van der Waals surface area contributed by atoms with Gasteiger partial charge in [-0.15, -0.1) is 0 Å². The molecule has 0 heterocycles. The van der Waals surface area contributed by atoms with E-state index in [9.17, 15) is 13.2 Å². The minimum absolute atomic E-state index is 0.00974. The standard InChI is InChI=1S/C10H12O5S/c11-8-3-5-9(6-4-8)16(14,15)7-1-2-10(12)13/h3-6,11H,1-2,7H2,(H,12,13). The Balaban J connectivity index is 2.71. The van der Waals surface area contributed by atoms with Crippen LogP contribution in [0.3, 0.4) is 0 Å². The lowest BCUT2D eigenvalue weighted by Gasteiger charge is -2.03. The van der Waals surface area contributed by atoms with Crippen LogP contribution in [0.25, 0.3) is 0 Å². The van der Waals surface area contributed by atoms with Crippen LogP contribution >= 0.6 is 0 Å². The Morgan fingerprint density at radius 3 is 2.25 bits per heavy atom. The van der Waals surface area contributed by atoms with Crippen molar-refractivity contribution in [3.05, 3.63) is 24.3 Å². The zero-order chi connectivity index (χ0) is 12.2. The maximum absolute atomic E-state index is 11.7. The highest BCUT2D eigenvalue weighted by molar-refractivity contribution is 7.91. The minimum Gasteiger partial charge on any atom is -0.508 e. The Morgan fingerprint density at radius 2 is 1.75 bits per heavy atom. The van der Waals surface area contributed by atoms with Gasteiger partial charge in [-0.25, -0.2) is 8.42 Å². The van der Waals surface area contributed by atoms with E-state index in [1.54, 1.807) is 0 Å². The lowest BCUT2D eigenvalue weighted by atomic mass is 10.3. The van der Waals surface area contributed by atoms with E-state index < -0.39 is 15.8 Å². The topological polar surface area (TPSA) is 91.7 Å². The van der Waals surface area contributed by atoms with Crippen LogP contribution in [0, 0.1) is 0 Å². The number of aromatic hydroxyl groups is 1. The van der Waals surface area contributed by atoms with Crippen molar-refractivity contribution in [1.29, 1.82) is 0 Å². The van der Waals surface area contributed by atoms with Gasteiger partial charge in [0.05, 0.1) is 10.6 Å². The van der Waals surface area contributed by atoms with Crippen molar-refractivity contribution in [2.24, 2.45) is 0 Å². The molecule has 1 aromatic rings. The van der Waals surface area contributed by atoms with Gasteiger partial charge in [0.25, 0.3) is 0 Å². The number of rotatable bonds is 5. The molecule has 6 heteroatoms. The van der Waals surface area contributed by atoms with Crippen molar-refractivity contribution in [3.63, 3.8) is 0 Å². The number of hydrogen-bond acceptors (Lipinski definition) is 4. The smallest absolute Gasteiger partial charge is 0.303 e. The van der Waals surface area contributed by atoms with Gasteiger partial charge in [0.15, 0.2) is 9.84 Å². The first-order valence-electron chi connectivity index (χ1n) is 4.65.